The van der Waals surface area contributed by atoms with Crippen LogP contribution < -0.4 is 0 Å². The van der Waals surface area contributed by atoms with Gasteiger partial charge in [0.2, 0.25) is 0 Å². The van der Waals surface area contributed by atoms with Crippen LogP contribution in [0.3, 0.4) is 0 Å². The molecule has 0 amide bonds. The van der Waals surface area contributed by atoms with Crippen LogP contribution in [-0.2, 0) is 78.8 Å². The molecule has 103 heavy (non-hydrogen) atoms. The molecule has 8 atom stereocenters. The summed E-state index contributed by atoms with van der Waals surface area (Å²) < 4.78 is 0. The third-order valence-electron chi connectivity index (χ3n) is 25.7. The minimum Gasteiger partial charge on any atom is -0.390 e. The van der Waals surface area contributed by atoms with Gasteiger partial charge in [0.25, 0.3) is 0 Å². The lowest BCUT2D eigenvalue weighted by molar-refractivity contribution is -0.123. The van der Waals surface area contributed by atoms with E-state index in [1.165, 1.54) is 50.1 Å². The maximum atomic E-state index is 13.3. The molecule has 0 bridgehead atoms. The van der Waals surface area contributed by atoms with Crippen LogP contribution in [0, 0.1) is 38.5 Å². The third-order valence-corrected chi connectivity index (χ3v) is 25.7. The molecule has 6 aliphatic rings. The van der Waals surface area contributed by atoms with Crippen molar-refractivity contribution in [3.8, 4) is 0 Å². The Morgan fingerprint density at radius 1 is 0.398 bits per heavy atom. The highest BCUT2D eigenvalue weighted by Crippen LogP contribution is 2.57. The number of rotatable bonds is 17. The fraction of sp³-hybridized carbons (Fsp3) is 0.415. The predicted octanol–water partition coefficient (Wildman–Crippen LogP) is 19.1. The van der Waals surface area contributed by atoms with Gasteiger partial charge in [0, 0.05) is 101 Å². The molecule has 6 aromatic carbocycles. The van der Waals surface area contributed by atoms with Gasteiger partial charge in [-0.2, -0.15) is 0 Å². The Bertz CT molecular complexity index is 4300. The summed E-state index contributed by atoms with van der Waals surface area (Å²) in [5, 5.41) is 22.5. The molecule has 9 nitrogen and oxygen atoms in total. The summed E-state index contributed by atoms with van der Waals surface area (Å²) in [7, 11) is 0. The number of aryl methyl sites for hydroxylation is 6. The van der Waals surface area contributed by atoms with Crippen molar-refractivity contribution >= 4 is 23.1 Å². The summed E-state index contributed by atoms with van der Waals surface area (Å²) in [6.07, 6.45) is 28.3. The zero-order valence-electron chi connectivity index (χ0n) is 61.5. The van der Waals surface area contributed by atoms with E-state index in [9.17, 15) is 29.4 Å². The van der Waals surface area contributed by atoms with E-state index in [1.807, 2.05) is 63.2 Å². The van der Waals surface area contributed by atoms with Crippen LogP contribution in [0.2, 0.25) is 0 Å². The predicted molar refractivity (Wildman–Crippen MR) is 412 cm³/mol. The standard InChI is InChI=1S/2C32H37NO2.C30H31NO2/c2*1-3-31(35)16-17-32(21-24-9-5-4-6-10-24)28(22-31)13-7-11-26-19-27(14-15-29(26)32)30(34)20-25-12-8-18-33-23(25)2;1-21-23(10-6-16-31-21)18-29(33)25-12-13-28-24(17-25)9-5-11-26-19-27(32)14-15-30(26,28)20-22-7-3-2-4-8-22/h2*4-6,8-10,12,14-15,18-19,28,35H,3,7,11,13,16-17,20-22H2,1-2H3;2-4,6-8,10,12-13,16-17,26H,5,9,11,14-15,18-20H2,1H3/t28-,31+,32-;28-,31-,32-;26-,30-/m000/s1. The summed E-state index contributed by atoms with van der Waals surface area (Å²) in [5.41, 5.74) is 19.3. The van der Waals surface area contributed by atoms with Gasteiger partial charge in [-0.05, 0) is 277 Å². The Morgan fingerprint density at radius 2 is 0.728 bits per heavy atom. The average Bonchev–Trinajstić information content (AvgIpc) is 1.75. The smallest absolute Gasteiger partial charge is 0.167 e. The van der Waals surface area contributed by atoms with E-state index in [-0.39, 0.29) is 33.6 Å². The number of fused-ring (bicyclic) bond motifs is 9. The van der Waals surface area contributed by atoms with E-state index in [1.54, 1.807) is 18.6 Å². The van der Waals surface area contributed by atoms with Crippen LogP contribution in [0.4, 0.5) is 0 Å². The van der Waals surface area contributed by atoms with Crippen LogP contribution >= 0.6 is 0 Å². The molecule has 0 unspecified atom stereocenters. The monoisotopic (exact) mass is 1370 g/mol. The normalized spacial score (nSPS) is 24.7. The SMILES string of the molecule is CC[C@@]1(O)CC[C@@]2(Cc3ccccc3)c3ccc(C(=O)Cc4cccnc4C)cc3CCC[C@H]2C1.CC[C@]1(O)CC[C@@]2(Cc3ccccc3)c3ccc(C(=O)Cc4cccnc4C)cc3CCC[C@H]2C1.Cc1ncccc1CC(=O)c1ccc2c(c1)CCC[C@H]1CC(=O)CC[C@@]21Cc1ccccc1. The Labute approximate surface area is 611 Å². The van der Waals surface area contributed by atoms with E-state index in [2.05, 4.69) is 168 Å². The molecule has 3 saturated carbocycles. The number of carbonyl (C=O) groups is 4. The van der Waals surface area contributed by atoms with Crippen LogP contribution in [0.25, 0.3) is 0 Å². The molecular weight excluding hydrogens is 1270 g/mol. The second kappa shape index (κ2) is 31.8. The van der Waals surface area contributed by atoms with Crippen LogP contribution in [-0.4, -0.2) is 59.5 Å². The van der Waals surface area contributed by atoms with Gasteiger partial charge in [0.1, 0.15) is 5.78 Å². The van der Waals surface area contributed by atoms with E-state index >= 15 is 0 Å². The van der Waals surface area contributed by atoms with Gasteiger partial charge in [0.15, 0.2) is 17.3 Å². The van der Waals surface area contributed by atoms with Crippen molar-refractivity contribution in [3.63, 3.8) is 0 Å². The first-order chi connectivity index (χ1) is 49.9. The number of aliphatic hydroxyl groups is 2. The molecule has 0 spiro atoms. The van der Waals surface area contributed by atoms with Gasteiger partial charge >= 0.3 is 0 Å². The first-order valence-corrected chi connectivity index (χ1v) is 38.7. The minimum absolute atomic E-state index is 0.0100. The van der Waals surface area contributed by atoms with Crippen LogP contribution in [0.15, 0.2) is 201 Å². The van der Waals surface area contributed by atoms with Gasteiger partial charge in [0.05, 0.1) is 11.2 Å². The number of aromatic nitrogens is 3. The maximum Gasteiger partial charge on any atom is 0.167 e. The fourth-order valence-corrected chi connectivity index (χ4v) is 19.6. The van der Waals surface area contributed by atoms with Gasteiger partial charge in [-0.15, -0.1) is 0 Å². The first kappa shape index (κ1) is 72.7. The van der Waals surface area contributed by atoms with Gasteiger partial charge in [-0.3, -0.25) is 34.1 Å². The van der Waals surface area contributed by atoms with Crippen molar-refractivity contribution in [3.05, 3.63) is 301 Å². The lowest BCUT2D eigenvalue weighted by Gasteiger charge is -2.50. The summed E-state index contributed by atoms with van der Waals surface area (Å²) in [5.74, 6) is 2.14. The number of Topliss-reactive ketones (excluding diaryl/α,β-unsaturated/α-hetero) is 4. The molecule has 2 N–H and O–H groups in total. The van der Waals surface area contributed by atoms with Crippen LogP contribution in [0.5, 0.6) is 0 Å². The number of benzene rings is 6. The van der Waals surface area contributed by atoms with Crippen molar-refractivity contribution < 1.29 is 29.4 Å². The minimum atomic E-state index is -0.549. The summed E-state index contributed by atoms with van der Waals surface area (Å²) in [4.78, 5) is 65.1. The van der Waals surface area contributed by atoms with Gasteiger partial charge in [-0.25, -0.2) is 0 Å². The van der Waals surface area contributed by atoms with Crippen LogP contribution in [0.1, 0.15) is 238 Å². The molecule has 0 aliphatic heterocycles. The molecule has 15 rings (SSSR count). The molecule has 3 heterocycles. The zero-order valence-corrected chi connectivity index (χ0v) is 61.5. The second-order valence-electron chi connectivity index (χ2n) is 31.7. The fourth-order valence-electron chi connectivity index (χ4n) is 19.6. The van der Waals surface area contributed by atoms with Gasteiger partial charge < -0.3 is 10.2 Å². The highest BCUT2D eigenvalue weighted by Gasteiger charge is 2.52. The molecule has 0 radical (unpaired) electrons. The molecule has 3 fully saturated rings. The summed E-state index contributed by atoms with van der Waals surface area (Å²) in [6, 6.07) is 63.4. The quantitative estimate of drug-likeness (QED) is 0.0850. The number of hydrogen-bond acceptors (Lipinski definition) is 9. The van der Waals surface area contributed by atoms with Crippen molar-refractivity contribution in [2.45, 2.75) is 229 Å². The van der Waals surface area contributed by atoms with E-state index in [4.69, 9.17) is 0 Å². The highest BCUT2D eigenvalue weighted by atomic mass is 16.3. The second-order valence-corrected chi connectivity index (χ2v) is 31.7. The van der Waals surface area contributed by atoms with E-state index in [0.717, 1.165) is 185 Å². The topological polar surface area (TPSA) is 147 Å². The molecule has 6 aliphatic carbocycles. The Hall–Kier alpha value is -8.63. The number of pyridine rings is 3. The Balaban J connectivity index is 0.000000138. The highest BCUT2D eigenvalue weighted by molar-refractivity contribution is 5.99. The number of ketones is 4. The number of hydrogen-bond donors (Lipinski definition) is 2. The molecule has 9 heteroatoms. The summed E-state index contributed by atoms with van der Waals surface area (Å²) >= 11 is 0. The first-order valence-electron chi connectivity index (χ1n) is 38.7. The van der Waals surface area contributed by atoms with E-state index in [0.29, 0.717) is 55.6 Å². The number of nitrogens with zero attached hydrogens (tertiary/aromatic N) is 3. The molecular formula is C94H105N3O6. The molecule has 532 valence electrons. The molecule has 3 aromatic heterocycles. The Kier molecular flexibility index (Phi) is 22.4. The average molecular weight is 1370 g/mol. The Morgan fingerprint density at radius 3 is 1.06 bits per heavy atom. The van der Waals surface area contributed by atoms with E-state index < -0.39 is 11.2 Å². The maximum absolute atomic E-state index is 13.3. The van der Waals surface area contributed by atoms with Gasteiger partial charge in [-0.1, -0.05) is 159 Å². The van der Waals surface area contributed by atoms with Crippen molar-refractivity contribution in [2.24, 2.45) is 17.8 Å². The van der Waals surface area contributed by atoms with Crippen molar-refractivity contribution in [2.75, 3.05) is 0 Å². The molecule has 9 aromatic rings. The molecule has 0 saturated heterocycles. The third kappa shape index (κ3) is 16.1. The van der Waals surface area contributed by atoms with Crippen molar-refractivity contribution in [1.29, 1.82) is 0 Å². The lowest BCUT2D eigenvalue weighted by Crippen LogP contribution is -2.48. The largest absolute Gasteiger partial charge is 0.390 e. The lowest BCUT2D eigenvalue weighted by atomic mass is 9.55. The number of carbonyl (C=O) groups excluding carboxylic acids is 4. The van der Waals surface area contributed by atoms with Crippen molar-refractivity contribution in [1.82, 2.24) is 15.0 Å². The summed E-state index contributed by atoms with van der Waals surface area (Å²) in [6.45, 7) is 10.1. The zero-order chi connectivity index (χ0) is 71.8.